The van der Waals surface area contributed by atoms with Gasteiger partial charge in [-0.25, -0.2) is 4.99 Å². The molecule has 26 heavy (non-hydrogen) atoms. The third-order valence-corrected chi connectivity index (χ3v) is 5.47. The Hall–Kier alpha value is -2.34. The van der Waals surface area contributed by atoms with Crippen LogP contribution < -0.4 is 11.1 Å². The number of carbonyl (C=O) groups excluding carboxylic acids is 1. The van der Waals surface area contributed by atoms with Crippen molar-refractivity contribution < 1.29 is 4.79 Å². The molecule has 0 spiro atoms. The van der Waals surface area contributed by atoms with Gasteiger partial charge in [-0.15, -0.1) is 0 Å². The Morgan fingerprint density at radius 1 is 1.27 bits per heavy atom. The third-order valence-electron chi connectivity index (χ3n) is 4.98. The maximum absolute atomic E-state index is 12.7. The number of nitrogens with two attached hydrogens (primary N) is 1. The number of aliphatic imine (C=N–C) groups is 1. The summed E-state index contributed by atoms with van der Waals surface area (Å²) in [7, 11) is 0. The molecule has 4 rings (SSSR count). The van der Waals surface area contributed by atoms with E-state index in [1.807, 2.05) is 36.4 Å². The van der Waals surface area contributed by atoms with Crippen molar-refractivity contribution >= 4 is 39.0 Å². The Bertz CT molecular complexity index is 863. The molecule has 6 heteroatoms. The molecule has 1 amide bonds. The highest BCUT2D eigenvalue weighted by Gasteiger charge is 2.36. The van der Waals surface area contributed by atoms with E-state index in [4.69, 9.17) is 10.7 Å². The number of amidine groups is 1. The molecule has 5 nitrogen and oxygen atoms in total. The van der Waals surface area contributed by atoms with Gasteiger partial charge in [0.25, 0.3) is 0 Å². The summed E-state index contributed by atoms with van der Waals surface area (Å²) in [6.07, 6.45) is 2.47. The number of nitrogens with one attached hydrogen (secondary N) is 1. The van der Waals surface area contributed by atoms with Crippen LogP contribution >= 0.6 is 15.9 Å². The van der Waals surface area contributed by atoms with E-state index in [2.05, 4.69) is 32.2 Å². The molecule has 134 valence electrons. The van der Waals surface area contributed by atoms with Crippen molar-refractivity contribution in [3.8, 4) is 0 Å². The zero-order valence-electron chi connectivity index (χ0n) is 14.4. The second-order valence-corrected chi connectivity index (χ2v) is 7.68. The molecular formula is C20H21BrN4O. The lowest BCUT2D eigenvalue weighted by Gasteiger charge is -2.30. The van der Waals surface area contributed by atoms with E-state index in [1.165, 1.54) is 5.56 Å². The first kappa shape index (κ1) is 17.1. The zero-order chi connectivity index (χ0) is 18.1. The molecule has 0 unspecified atom stereocenters. The van der Waals surface area contributed by atoms with Gasteiger partial charge in [-0.2, -0.15) is 0 Å². The summed E-state index contributed by atoms with van der Waals surface area (Å²) in [5.41, 5.74) is 9.81. The topological polar surface area (TPSA) is 70.7 Å². The Morgan fingerprint density at radius 2 is 2.08 bits per heavy atom. The summed E-state index contributed by atoms with van der Waals surface area (Å²) in [5.74, 6) is 1.11. The molecule has 2 aliphatic heterocycles. The lowest BCUT2D eigenvalue weighted by atomic mass is 10.1. The van der Waals surface area contributed by atoms with Crippen molar-refractivity contribution in [2.75, 3.05) is 12.3 Å². The van der Waals surface area contributed by atoms with Crippen LogP contribution in [0.25, 0.3) is 0 Å². The number of fused-ring (bicyclic) bond motifs is 2. The lowest BCUT2D eigenvalue weighted by Crippen LogP contribution is -2.45. The van der Waals surface area contributed by atoms with Crippen LogP contribution in [-0.4, -0.2) is 29.2 Å². The predicted molar refractivity (Wildman–Crippen MR) is 107 cm³/mol. The number of halogens is 1. The Kier molecular flexibility index (Phi) is 4.68. The molecule has 0 saturated carbocycles. The van der Waals surface area contributed by atoms with Gasteiger partial charge in [-0.3, -0.25) is 4.79 Å². The number of benzene rings is 2. The predicted octanol–water partition coefficient (Wildman–Crippen LogP) is 3.40. The number of nitrogen functional groups attached to an aromatic ring is 1. The molecule has 2 heterocycles. The highest BCUT2D eigenvalue weighted by atomic mass is 79.9. The second kappa shape index (κ2) is 7.11. The first-order valence-electron chi connectivity index (χ1n) is 8.85. The fourth-order valence-corrected chi connectivity index (χ4v) is 3.99. The van der Waals surface area contributed by atoms with Crippen LogP contribution in [0.4, 0.5) is 11.4 Å². The molecule has 0 bridgehead atoms. The van der Waals surface area contributed by atoms with Crippen molar-refractivity contribution in [3.63, 3.8) is 0 Å². The third kappa shape index (κ3) is 3.46. The van der Waals surface area contributed by atoms with Gasteiger partial charge in [-0.1, -0.05) is 28.1 Å². The number of rotatable bonds is 4. The monoisotopic (exact) mass is 412 g/mol. The summed E-state index contributed by atoms with van der Waals surface area (Å²) in [6, 6.07) is 13.8. The van der Waals surface area contributed by atoms with Crippen LogP contribution in [0.1, 0.15) is 24.0 Å². The maximum atomic E-state index is 12.7. The van der Waals surface area contributed by atoms with E-state index in [-0.39, 0.29) is 11.9 Å². The number of nitrogens with zero attached hydrogens (tertiary/aromatic N) is 2. The van der Waals surface area contributed by atoms with Crippen molar-refractivity contribution in [2.45, 2.75) is 31.8 Å². The Labute approximate surface area is 161 Å². The number of hydrogen-bond donors (Lipinski definition) is 2. The molecule has 1 saturated heterocycles. The molecular weight excluding hydrogens is 392 g/mol. The van der Waals surface area contributed by atoms with E-state index in [1.54, 1.807) is 0 Å². The molecule has 0 aliphatic carbocycles. The van der Waals surface area contributed by atoms with Crippen LogP contribution in [0.3, 0.4) is 0 Å². The molecule has 2 aliphatic rings. The minimum atomic E-state index is -0.132. The zero-order valence-corrected chi connectivity index (χ0v) is 16.0. The van der Waals surface area contributed by atoms with Crippen molar-refractivity contribution in [1.29, 1.82) is 0 Å². The molecule has 1 atom stereocenters. The summed E-state index contributed by atoms with van der Waals surface area (Å²) in [6.45, 7) is 1.37. The smallest absolute Gasteiger partial charge is 0.242 e. The summed E-state index contributed by atoms with van der Waals surface area (Å²) < 4.78 is 1.04. The van der Waals surface area contributed by atoms with E-state index < -0.39 is 0 Å². The number of hydrogen-bond acceptors (Lipinski definition) is 4. The highest BCUT2D eigenvalue weighted by molar-refractivity contribution is 9.10. The van der Waals surface area contributed by atoms with E-state index in [9.17, 15) is 4.79 Å². The van der Waals surface area contributed by atoms with Gasteiger partial charge in [0, 0.05) is 29.7 Å². The van der Waals surface area contributed by atoms with Crippen molar-refractivity contribution in [2.24, 2.45) is 4.99 Å². The second-order valence-electron chi connectivity index (χ2n) is 6.77. The molecule has 3 N–H and O–H groups in total. The largest absolute Gasteiger partial charge is 0.399 e. The van der Waals surface area contributed by atoms with Gasteiger partial charge >= 0.3 is 0 Å². The van der Waals surface area contributed by atoms with Crippen molar-refractivity contribution in [3.05, 3.63) is 58.1 Å². The van der Waals surface area contributed by atoms with E-state index in [0.29, 0.717) is 6.54 Å². The molecule has 1 fully saturated rings. The van der Waals surface area contributed by atoms with Gasteiger partial charge in [0.1, 0.15) is 11.9 Å². The van der Waals surface area contributed by atoms with Crippen LogP contribution in [0.5, 0.6) is 0 Å². The normalized spacial score (nSPS) is 18.1. The van der Waals surface area contributed by atoms with Crippen LogP contribution in [-0.2, 0) is 17.8 Å². The minimum Gasteiger partial charge on any atom is -0.399 e. The first-order valence-corrected chi connectivity index (χ1v) is 9.64. The molecule has 2 aromatic rings. The number of carbonyl (C=O) groups is 1. The van der Waals surface area contributed by atoms with Gasteiger partial charge in [0.2, 0.25) is 5.91 Å². The van der Waals surface area contributed by atoms with Crippen molar-refractivity contribution in [1.82, 2.24) is 10.2 Å². The molecule has 2 aromatic carbocycles. The first-order chi connectivity index (χ1) is 12.6. The van der Waals surface area contributed by atoms with Gasteiger partial charge < -0.3 is 16.0 Å². The standard InChI is InChI=1S/C20H21BrN4O/c21-15-3-6-17-14(11-15)12-25-18(7-8-19(25)24-17)20(26)23-10-9-13-1-4-16(22)5-2-13/h1-6,11,18H,7-10,12,22H2,(H,23,26)/t18-/m0/s1. The van der Waals surface area contributed by atoms with Crippen LogP contribution in [0, 0.1) is 0 Å². The minimum absolute atomic E-state index is 0.0871. The highest BCUT2D eigenvalue weighted by Crippen LogP contribution is 2.34. The number of anilines is 1. The Balaban J connectivity index is 1.38. The quantitative estimate of drug-likeness (QED) is 0.755. The number of amides is 1. The molecule has 0 aromatic heterocycles. The van der Waals surface area contributed by atoms with Crippen LogP contribution in [0.15, 0.2) is 51.9 Å². The lowest BCUT2D eigenvalue weighted by molar-refractivity contribution is -0.124. The maximum Gasteiger partial charge on any atom is 0.242 e. The van der Waals surface area contributed by atoms with Gasteiger partial charge in [0.05, 0.1) is 5.69 Å². The fraction of sp³-hybridized carbons (Fsp3) is 0.300. The van der Waals surface area contributed by atoms with E-state index in [0.717, 1.165) is 53.1 Å². The van der Waals surface area contributed by atoms with Crippen LogP contribution in [0.2, 0.25) is 0 Å². The van der Waals surface area contributed by atoms with Gasteiger partial charge in [-0.05, 0) is 54.3 Å². The summed E-state index contributed by atoms with van der Waals surface area (Å²) in [5, 5.41) is 3.08. The fourth-order valence-electron chi connectivity index (χ4n) is 3.58. The average molecular weight is 413 g/mol. The average Bonchev–Trinajstić information content (AvgIpc) is 3.04. The Morgan fingerprint density at radius 3 is 2.88 bits per heavy atom. The summed E-state index contributed by atoms with van der Waals surface area (Å²) in [4.78, 5) is 19.6. The van der Waals surface area contributed by atoms with Gasteiger partial charge in [0.15, 0.2) is 0 Å². The molecule has 0 radical (unpaired) electrons. The SMILES string of the molecule is Nc1ccc(CCNC(=O)[C@@H]2CCC3=Nc4ccc(Br)cc4CN32)cc1. The van der Waals surface area contributed by atoms with E-state index >= 15 is 0 Å². The summed E-state index contributed by atoms with van der Waals surface area (Å²) >= 11 is 3.51.